The summed E-state index contributed by atoms with van der Waals surface area (Å²) in [5, 5.41) is 13.2. The molecule has 1 saturated heterocycles. The highest BCUT2D eigenvalue weighted by molar-refractivity contribution is 7.89. The van der Waals surface area contributed by atoms with Crippen molar-refractivity contribution >= 4 is 21.5 Å². The summed E-state index contributed by atoms with van der Waals surface area (Å²) in [5.41, 5.74) is 0.514. The second kappa shape index (κ2) is 5.99. The van der Waals surface area contributed by atoms with Crippen LogP contribution in [0.3, 0.4) is 0 Å². The Balaban J connectivity index is 1.53. The van der Waals surface area contributed by atoms with Crippen LogP contribution in [0, 0.1) is 0 Å². The van der Waals surface area contributed by atoms with Gasteiger partial charge in [-0.2, -0.15) is 8.82 Å². The molecule has 0 aromatic carbocycles. The van der Waals surface area contributed by atoms with Crippen LogP contribution < -0.4 is 4.90 Å². The number of aromatic amines is 1. The third-order valence-electron chi connectivity index (χ3n) is 4.75. The Kier molecular flexibility index (Phi) is 3.96. The molecule has 10 nitrogen and oxygen atoms in total. The first-order valence-electron chi connectivity index (χ1n) is 8.62. The molecule has 27 heavy (non-hydrogen) atoms. The number of nitrogens with one attached hydrogen (secondary N) is 1. The molecule has 1 aliphatic rings. The maximum Gasteiger partial charge on any atom is 0.260 e. The minimum Gasteiger partial charge on any atom is -0.352 e. The molecule has 3 aromatic heterocycles. The van der Waals surface area contributed by atoms with E-state index in [9.17, 15) is 8.42 Å². The normalized spacial score (nSPS) is 16.3. The van der Waals surface area contributed by atoms with E-state index in [1.54, 1.807) is 11.6 Å². The van der Waals surface area contributed by atoms with Gasteiger partial charge in [-0.25, -0.2) is 13.4 Å². The lowest BCUT2D eigenvalue weighted by Gasteiger charge is -2.43. The number of hydrogen-bond donors (Lipinski definition) is 1. The molecule has 0 atom stereocenters. The Hall–Kier alpha value is -2.53. The molecule has 0 aliphatic carbocycles. The first-order valence-corrected chi connectivity index (χ1v) is 10.1. The fourth-order valence-corrected chi connectivity index (χ4v) is 4.26. The molecule has 11 heteroatoms. The van der Waals surface area contributed by atoms with Gasteiger partial charge in [0.05, 0.1) is 18.6 Å². The molecule has 4 rings (SSSR count). The van der Waals surface area contributed by atoms with E-state index in [1.165, 1.54) is 16.8 Å². The number of hydrogen-bond acceptors (Lipinski definition) is 7. The molecule has 0 radical (unpaired) electrons. The molecule has 0 spiro atoms. The number of fused-ring (bicyclic) bond motifs is 1. The van der Waals surface area contributed by atoms with Gasteiger partial charge in [-0.15, -0.1) is 15.3 Å². The van der Waals surface area contributed by atoms with E-state index >= 15 is 0 Å². The summed E-state index contributed by atoms with van der Waals surface area (Å²) in [6.07, 6.45) is 2.68. The van der Waals surface area contributed by atoms with Crippen LogP contribution in [0.5, 0.6) is 0 Å². The zero-order valence-electron chi connectivity index (χ0n) is 15.7. The Labute approximate surface area is 157 Å². The number of sulfonamides is 1. The van der Waals surface area contributed by atoms with Gasteiger partial charge in [0, 0.05) is 25.6 Å². The molecule has 144 valence electrons. The highest BCUT2D eigenvalue weighted by atomic mass is 32.2. The Morgan fingerprint density at radius 3 is 2.59 bits per heavy atom. The SMILES string of the molecule is CN(C1CN(c2ccc3nnc(C(C)(C)C)n3n2)C1)S(=O)(=O)c1cnc[nH]1. The van der Waals surface area contributed by atoms with Crippen LogP contribution in [0.15, 0.2) is 29.7 Å². The van der Waals surface area contributed by atoms with E-state index in [2.05, 4.69) is 46.0 Å². The minimum atomic E-state index is -3.57. The van der Waals surface area contributed by atoms with Crippen LogP contribution in [0.1, 0.15) is 26.6 Å². The van der Waals surface area contributed by atoms with Crippen molar-refractivity contribution in [3.63, 3.8) is 0 Å². The van der Waals surface area contributed by atoms with Crippen molar-refractivity contribution in [1.29, 1.82) is 0 Å². The van der Waals surface area contributed by atoms with Gasteiger partial charge in [0.15, 0.2) is 16.5 Å². The zero-order valence-corrected chi connectivity index (χ0v) is 16.5. The fraction of sp³-hybridized carbons (Fsp3) is 0.500. The fourth-order valence-electron chi connectivity index (χ4n) is 3.02. The standard InChI is InChI=1S/C16H22N8O2S/c1-16(2,3)15-20-19-12-5-6-13(21-24(12)15)23-8-11(9-23)22(4)27(25,26)14-7-17-10-18-14/h5-7,10-11H,8-9H2,1-4H3,(H,17,18). The van der Waals surface area contributed by atoms with Gasteiger partial charge in [0.1, 0.15) is 5.82 Å². The number of aromatic nitrogens is 6. The van der Waals surface area contributed by atoms with Crippen LogP contribution in [-0.2, 0) is 15.4 Å². The van der Waals surface area contributed by atoms with Crippen LogP contribution in [0.2, 0.25) is 0 Å². The number of nitrogens with zero attached hydrogens (tertiary/aromatic N) is 7. The maximum atomic E-state index is 12.6. The van der Waals surface area contributed by atoms with E-state index in [0.29, 0.717) is 18.7 Å². The smallest absolute Gasteiger partial charge is 0.260 e. The summed E-state index contributed by atoms with van der Waals surface area (Å²) in [6.45, 7) is 7.32. The average Bonchev–Trinajstić information content (AvgIpc) is 3.22. The van der Waals surface area contributed by atoms with Crippen molar-refractivity contribution in [3.05, 3.63) is 30.5 Å². The van der Waals surface area contributed by atoms with Crippen LogP contribution >= 0.6 is 0 Å². The molecule has 0 bridgehead atoms. The highest BCUT2D eigenvalue weighted by Gasteiger charge is 2.38. The molecule has 3 aromatic rings. The topological polar surface area (TPSA) is 112 Å². The molecular formula is C16H22N8O2S. The second-order valence-electron chi connectivity index (χ2n) is 7.73. The monoisotopic (exact) mass is 390 g/mol. The lowest BCUT2D eigenvalue weighted by Crippen LogP contribution is -2.60. The number of anilines is 1. The number of rotatable bonds is 4. The Morgan fingerprint density at radius 1 is 1.22 bits per heavy atom. The lowest BCUT2D eigenvalue weighted by molar-refractivity contribution is 0.308. The quantitative estimate of drug-likeness (QED) is 0.696. The molecule has 1 N–H and O–H groups in total. The summed E-state index contributed by atoms with van der Waals surface area (Å²) in [5.74, 6) is 1.56. The first kappa shape index (κ1) is 17.9. The van der Waals surface area contributed by atoms with Crippen molar-refractivity contribution in [2.75, 3.05) is 25.0 Å². The zero-order chi connectivity index (χ0) is 19.4. The average molecular weight is 390 g/mol. The van der Waals surface area contributed by atoms with Gasteiger partial charge in [0.2, 0.25) is 0 Å². The molecule has 4 heterocycles. The molecule has 0 unspecified atom stereocenters. The van der Waals surface area contributed by atoms with Gasteiger partial charge in [-0.1, -0.05) is 20.8 Å². The predicted octanol–water partition coefficient (Wildman–Crippen LogP) is 0.654. The molecule has 1 aliphatic heterocycles. The third-order valence-corrected chi connectivity index (χ3v) is 6.59. The molecular weight excluding hydrogens is 368 g/mol. The van der Waals surface area contributed by atoms with Crippen LogP contribution in [-0.4, -0.2) is 68.7 Å². The Bertz CT molecular complexity index is 1060. The van der Waals surface area contributed by atoms with E-state index in [1.807, 2.05) is 17.0 Å². The van der Waals surface area contributed by atoms with Crippen molar-refractivity contribution in [2.24, 2.45) is 0 Å². The number of imidazole rings is 1. The summed E-state index contributed by atoms with van der Waals surface area (Å²) in [4.78, 5) is 8.49. The molecule has 0 amide bonds. The van der Waals surface area contributed by atoms with Gasteiger partial charge in [-0.05, 0) is 12.1 Å². The number of likely N-dealkylation sites (N-methyl/N-ethyl adjacent to an activating group) is 1. The second-order valence-corrected chi connectivity index (χ2v) is 9.70. The lowest BCUT2D eigenvalue weighted by atomic mass is 9.96. The third kappa shape index (κ3) is 2.96. The maximum absolute atomic E-state index is 12.6. The minimum absolute atomic E-state index is 0.0994. The van der Waals surface area contributed by atoms with Gasteiger partial charge in [0.25, 0.3) is 10.0 Å². The molecule has 0 saturated carbocycles. The van der Waals surface area contributed by atoms with Crippen LogP contribution in [0.25, 0.3) is 5.65 Å². The highest BCUT2D eigenvalue weighted by Crippen LogP contribution is 2.26. The number of H-pyrrole nitrogens is 1. The summed E-state index contributed by atoms with van der Waals surface area (Å²) in [6, 6.07) is 3.64. The van der Waals surface area contributed by atoms with E-state index in [0.717, 1.165) is 11.6 Å². The molecule has 1 fully saturated rings. The Morgan fingerprint density at radius 2 is 1.96 bits per heavy atom. The first-order chi connectivity index (χ1) is 12.7. The van der Waals surface area contributed by atoms with Crippen molar-refractivity contribution in [3.8, 4) is 0 Å². The van der Waals surface area contributed by atoms with Gasteiger partial charge >= 0.3 is 0 Å². The van der Waals surface area contributed by atoms with Crippen molar-refractivity contribution in [2.45, 2.75) is 37.3 Å². The summed E-state index contributed by atoms with van der Waals surface area (Å²) < 4.78 is 28.3. The van der Waals surface area contributed by atoms with Gasteiger partial charge < -0.3 is 9.88 Å². The van der Waals surface area contributed by atoms with E-state index < -0.39 is 10.0 Å². The summed E-state index contributed by atoms with van der Waals surface area (Å²) in [7, 11) is -1.98. The van der Waals surface area contributed by atoms with Gasteiger partial charge in [-0.3, -0.25) is 0 Å². The van der Waals surface area contributed by atoms with E-state index in [4.69, 9.17) is 0 Å². The van der Waals surface area contributed by atoms with Crippen molar-refractivity contribution < 1.29 is 8.42 Å². The van der Waals surface area contributed by atoms with Crippen LogP contribution in [0.4, 0.5) is 5.82 Å². The summed E-state index contributed by atoms with van der Waals surface area (Å²) >= 11 is 0. The van der Waals surface area contributed by atoms with E-state index in [-0.39, 0.29) is 16.5 Å². The van der Waals surface area contributed by atoms with Crippen molar-refractivity contribution in [1.82, 2.24) is 34.1 Å². The largest absolute Gasteiger partial charge is 0.352 e. The predicted molar refractivity (Wildman–Crippen MR) is 99.0 cm³/mol.